The molecular weight excluding hydrogens is 370 g/mol. The number of benzene rings is 1. The maximum atomic E-state index is 12.0. The van der Waals surface area contributed by atoms with Gasteiger partial charge in [-0.1, -0.05) is 6.42 Å². The molecule has 1 aromatic carbocycles. The SMILES string of the molecule is CCOC(=O)C[C@H]1CCCCN1Cc1cn(C)nc1-c1ccc2c(c1)OCCO2. The Bertz CT molecular complexity index is 864. The van der Waals surface area contributed by atoms with Crippen molar-refractivity contribution in [1.82, 2.24) is 14.7 Å². The summed E-state index contributed by atoms with van der Waals surface area (Å²) in [6.45, 7) is 5.18. The zero-order valence-electron chi connectivity index (χ0n) is 17.2. The van der Waals surface area contributed by atoms with Crippen LogP contribution in [0.1, 0.15) is 38.2 Å². The van der Waals surface area contributed by atoms with Gasteiger partial charge in [-0.25, -0.2) is 0 Å². The zero-order valence-corrected chi connectivity index (χ0v) is 17.2. The molecule has 1 saturated heterocycles. The van der Waals surface area contributed by atoms with Crippen molar-refractivity contribution in [2.75, 3.05) is 26.4 Å². The van der Waals surface area contributed by atoms with Crippen molar-refractivity contribution >= 4 is 5.97 Å². The third kappa shape index (κ3) is 4.56. The Hall–Kier alpha value is -2.54. The van der Waals surface area contributed by atoms with Crippen molar-refractivity contribution in [3.63, 3.8) is 0 Å². The minimum atomic E-state index is -0.109. The van der Waals surface area contributed by atoms with Crippen molar-refractivity contribution in [3.8, 4) is 22.8 Å². The largest absolute Gasteiger partial charge is 0.486 e. The first-order valence-corrected chi connectivity index (χ1v) is 10.5. The molecule has 2 aromatic rings. The molecule has 0 saturated carbocycles. The highest BCUT2D eigenvalue weighted by Crippen LogP contribution is 2.35. The summed E-state index contributed by atoms with van der Waals surface area (Å²) in [6.07, 6.45) is 5.86. The van der Waals surface area contributed by atoms with Crippen LogP contribution in [0.3, 0.4) is 0 Å². The second-order valence-electron chi connectivity index (χ2n) is 7.66. The molecule has 0 radical (unpaired) electrons. The van der Waals surface area contributed by atoms with Crippen molar-refractivity contribution in [2.45, 2.75) is 45.2 Å². The molecule has 0 unspecified atom stereocenters. The van der Waals surface area contributed by atoms with Gasteiger partial charge in [0.05, 0.1) is 18.7 Å². The number of nitrogens with zero attached hydrogens (tertiary/aromatic N) is 3. The molecule has 1 fully saturated rings. The quantitative estimate of drug-likeness (QED) is 0.695. The number of aromatic nitrogens is 2. The highest BCUT2D eigenvalue weighted by Gasteiger charge is 2.27. The van der Waals surface area contributed by atoms with Crippen LogP contribution in [0.25, 0.3) is 11.3 Å². The standard InChI is InChI=1S/C22H29N3O4/c1-3-27-21(26)13-18-6-4-5-9-25(18)15-17-14-24(2)23-22(17)16-7-8-19-20(12-16)29-11-10-28-19/h7-8,12,14,18H,3-6,9-11,13,15H2,1-2H3/t18-/m1/s1. The van der Waals surface area contributed by atoms with Crippen LogP contribution in [0.2, 0.25) is 0 Å². The summed E-state index contributed by atoms with van der Waals surface area (Å²) in [5.74, 6) is 1.44. The Balaban J connectivity index is 1.55. The van der Waals surface area contributed by atoms with Crippen molar-refractivity contribution < 1.29 is 19.0 Å². The van der Waals surface area contributed by atoms with Gasteiger partial charge in [0.2, 0.25) is 0 Å². The van der Waals surface area contributed by atoms with Crippen molar-refractivity contribution in [1.29, 1.82) is 0 Å². The Morgan fingerprint density at radius 2 is 2.07 bits per heavy atom. The summed E-state index contributed by atoms with van der Waals surface area (Å²) in [5.41, 5.74) is 3.12. The van der Waals surface area contributed by atoms with Crippen LogP contribution < -0.4 is 9.47 Å². The van der Waals surface area contributed by atoms with E-state index >= 15 is 0 Å². The van der Waals surface area contributed by atoms with Gasteiger partial charge in [-0.2, -0.15) is 5.10 Å². The highest BCUT2D eigenvalue weighted by atomic mass is 16.6. The lowest BCUT2D eigenvalue weighted by atomic mass is 9.98. The number of ether oxygens (including phenoxy) is 3. The third-order valence-electron chi connectivity index (χ3n) is 5.55. The topological polar surface area (TPSA) is 65.8 Å². The number of fused-ring (bicyclic) bond motifs is 1. The molecule has 0 bridgehead atoms. The molecule has 0 N–H and O–H groups in total. The smallest absolute Gasteiger partial charge is 0.307 e. The summed E-state index contributed by atoms with van der Waals surface area (Å²) in [7, 11) is 1.94. The fourth-order valence-corrected chi connectivity index (χ4v) is 4.22. The van der Waals surface area contributed by atoms with Crippen LogP contribution in [-0.4, -0.2) is 53.1 Å². The first-order chi connectivity index (χ1) is 14.1. The van der Waals surface area contributed by atoms with Crippen LogP contribution >= 0.6 is 0 Å². The second kappa shape index (κ2) is 8.86. The molecular formula is C22H29N3O4. The third-order valence-corrected chi connectivity index (χ3v) is 5.55. The van der Waals surface area contributed by atoms with Gasteiger partial charge in [0.1, 0.15) is 13.2 Å². The number of likely N-dealkylation sites (tertiary alicyclic amines) is 1. The number of carbonyl (C=O) groups is 1. The molecule has 156 valence electrons. The van der Waals surface area contributed by atoms with E-state index < -0.39 is 0 Å². The first kappa shape index (κ1) is 19.8. The molecule has 2 aliphatic rings. The van der Waals surface area contributed by atoms with E-state index in [2.05, 4.69) is 11.1 Å². The van der Waals surface area contributed by atoms with E-state index in [9.17, 15) is 4.79 Å². The summed E-state index contributed by atoms with van der Waals surface area (Å²) in [6, 6.07) is 6.21. The number of carbonyl (C=O) groups excluding carboxylic acids is 1. The van der Waals surface area contributed by atoms with Gasteiger partial charge < -0.3 is 14.2 Å². The number of piperidine rings is 1. The lowest BCUT2D eigenvalue weighted by Gasteiger charge is -2.35. The highest BCUT2D eigenvalue weighted by molar-refractivity contribution is 5.70. The number of hydrogen-bond acceptors (Lipinski definition) is 6. The van der Waals surface area contributed by atoms with E-state index in [4.69, 9.17) is 19.3 Å². The Morgan fingerprint density at radius 1 is 1.24 bits per heavy atom. The fraction of sp³-hybridized carbons (Fsp3) is 0.545. The lowest BCUT2D eigenvalue weighted by Crippen LogP contribution is -2.40. The summed E-state index contributed by atoms with van der Waals surface area (Å²) < 4.78 is 18.4. The van der Waals surface area contributed by atoms with Crippen molar-refractivity contribution in [3.05, 3.63) is 30.0 Å². The molecule has 0 amide bonds. The van der Waals surface area contributed by atoms with Gasteiger partial charge >= 0.3 is 5.97 Å². The van der Waals surface area contributed by atoms with Crippen LogP contribution in [0.4, 0.5) is 0 Å². The molecule has 1 atom stereocenters. The average Bonchev–Trinajstić information content (AvgIpc) is 3.09. The molecule has 7 nitrogen and oxygen atoms in total. The molecule has 0 spiro atoms. The predicted octanol–water partition coefficient (Wildman–Crippen LogP) is 3.17. The maximum absolute atomic E-state index is 12.0. The van der Waals surface area contributed by atoms with Crippen molar-refractivity contribution in [2.24, 2.45) is 7.05 Å². The van der Waals surface area contributed by atoms with E-state index in [1.165, 1.54) is 0 Å². The summed E-state index contributed by atoms with van der Waals surface area (Å²) >= 11 is 0. The van der Waals surface area contributed by atoms with Gasteiger partial charge in [0.15, 0.2) is 11.5 Å². The van der Waals surface area contributed by atoms with Crippen LogP contribution in [0.15, 0.2) is 24.4 Å². The Morgan fingerprint density at radius 3 is 2.90 bits per heavy atom. The minimum absolute atomic E-state index is 0.109. The molecule has 3 heterocycles. The molecule has 7 heteroatoms. The van der Waals surface area contributed by atoms with Gasteiger partial charge in [-0.3, -0.25) is 14.4 Å². The molecule has 29 heavy (non-hydrogen) atoms. The average molecular weight is 399 g/mol. The molecule has 2 aliphatic heterocycles. The van der Waals surface area contributed by atoms with E-state index in [-0.39, 0.29) is 12.0 Å². The molecule has 4 rings (SSSR count). The van der Waals surface area contributed by atoms with Crippen LogP contribution in [-0.2, 0) is 23.1 Å². The zero-order chi connectivity index (χ0) is 20.2. The van der Waals surface area contributed by atoms with Gasteiger partial charge in [0, 0.05) is 37.0 Å². The first-order valence-electron chi connectivity index (χ1n) is 10.5. The van der Waals surface area contributed by atoms with Gasteiger partial charge in [0.25, 0.3) is 0 Å². The lowest BCUT2D eigenvalue weighted by molar-refractivity contribution is -0.145. The number of hydrogen-bond donors (Lipinski definition) is 0. The number of rotatable bonds is 6. The Kier molecular flexibility index (Phi) is 6.04. The molecule has 0 aliphatic carbocycles. The maximum Gasteiger partial charge on any atom is 0.307 e. The van der Waals surface area contributed by atoms with Gasteiger partial charge in [-0.05, 0) is 44.5 Å². The second-order valence-corrected chi connectivity index (χ2v) is 7.66. The van der Waals surface area contributed by atoms with Gasteiger partial charge in [-0.15, -0.1) is 0 Å². The minimum Gasteiger partial charge on any atom is -0.486 e. The van der Waals surface area contributed by atoms with E-state index in [1.54, 1.807) is 0 Å². The fourth-order valence-electron chi connectivity index (χ4n) is 4.22. The van der Waals surface area contributed by atoms with Crippen LogP contribution in [0, 0.1) is 0 Å². The number of esters is 1. The van der Waals surface area contributed by atoms with E-state index in [0.29, 0.717) is 26.2 Å². The number of aryl methyl sites for hydroxylation is 1. The van der Waals surface area contributed by atoms with E-state index in [0.717, 1.165) is 60.7 Å². The molecule has 1 aromatic heterocycles. The van der Waals surface area contributed by atoms with Crippen LogP contribution in [0.5, 0.6) is 11.5 Å². The van der Waals surface area contributed by atoms with E-state index in [1.807, 2.05) is 36.9 Å². The summed E-state index contributed by atoms with van der Waals surface area (Å²) in [5, 5.41) is 4.71. The normalized spacial score (nSPS) is 19.2. The Labute approximate surface area is 171 Å². The monoisotopic (exact) mass is 399 g/mol. The predicted molar refractivity (Wildman–Crippen MR) is 109 cm³/mol. The summed E-state index contributed by atoms with van der Waals surface area (Å²) in [4.78, 5) is 14.4.